The van der Waals surface area contributed by atoms with Crippen LogP contribution < -0.4 is 10.0 Å². The summed E-state index contributed by atoms with van der Waals surface area (Å²) in [5, 5.41) is 4.32. The number of nitrogens with zero attached hydrogens (tertiary/aromatic N) is 4. The van der Waals surface area contributed by atoms with E-state index in [0.717, 1.165) is 73.8 Å². The van der Waals surface area contributed by atoms with E-state index in [1.807, 2.05) is 43.0 Å². The highest BCUT2D eigenvalue weighted by Gasteiger charge is 2.30. The van der Waals surface area contributed by atoms with E-state index in [0.29, 0.717) is 28.9 Å². The number of amides is 1. The van der Waals surface area contributed by atoms with Gasteiger partial charge < -0.3 is 14.8 Å². The van der Waals surface area contributed by atoms with E-state index in [9.17, 15) is 13.2 Å². The SMILES string of the molecule is CC(C)(C)[C@H]1CCc2nc3sc(C(=O)NC(CCN4CCC(n5ccnc5)CC4)c4cccc(NS(C)(=O)=O)c4)cc3cc2C1. The molecule has 240 valence electrons. The van der Waals surface area contributed by atoms with E-state index in [-0.39, 0.29) is 17.4 Å². The van der Waals surface area contributed by atoms with Gasteiger partial charge in [-0.25, -0.2) is 18.4 Å². The number of sulfonamides is 1. The fourth-order valence-corrected chi connectivity index (χ4v) is 8.29. The van der Waals surface area contributed by atoms with E-state index in [4.69, 9.17) is 4.98 Å². The monoisotopic (exact) mass is 648 g/mol. The summed E-state index contributed by atoms with van der Waals surface area (Å²) in [4.78, 5) is 27.0. The second-order valence-electron chi connectivity index (χ2n) is 13.8. The van der Waals surface area contributed by atoms with Crippen LogP contribution >= 0.6 is 11.3 Å². The van der Waals surface area contributed by atoms with E-state index in [1.165, 1.54) is 22.6 Å². The predicted molar refractivity (Wildman–Crippen MR) is 181 cm³/mol. The van der Waals surface area contributed by atoms with E-state index >= 15 is 0 Å². The number of benzene rings is 1. The molecule has 1 saturated heterocycles. The van der Waals surface area contributed by atoms with Crippen molar-refractivity contribution in [1.82, 2.24) is 24.8 Å². The van der Waals surface area contributed by atoms with Crippen molar-refractivity contribution < 1.29 is 13.2 Å². The molecule has 2 N–H and O–H groups in total. The van der Waals surface area contributed by atoms with Crippen molar-refractivity contribution in [1.29, 1.82) is 0 Å². The highest BCUT2D eigenvalue weighted by molar-refractivity contribution is 7.92. The van der Waals surface area contributed by atoms with Crippen molar-refractivity contribution in [2.45, 2.75) is 71.4 Å². The first-order valence-corrected chi connectivity index (χ1v) is 18.6. The molecule has 45 heavy (non-hydrogen) atoms. The Morgan fingerprint density at radius 3 is 2.64 bits per heavy atom. The molecule has 2 aliphatic rings. The Bertz CT molecular complexity index is 1750. The van der Waals surface area contributed by atoms with Crippen molar-refractivity contribution in [2.24, 2.45) is 11.3 Å². The molecule has 4 aromatic rings. The number of likely N-dealkylation sites (tertiary alicyclic amines) is 1. The fourth-order valence-electron chi connectivity index (χ4n) is 6.80. The second kappa shape index (κ2) is 12.8. The lowest BCUT2D eigenvalue weighted by molar-refractivity contribution is 0.0933. The summed E-state index contributed by atoms with van der Waals surface area (Å²) in [7, 11) is -3.43. The minimum Gasteiger partial charge on any atom is -0.344 e. The van der Waals surface area contributed by atoms with Gasteiger partial charge in [-0.15, -0.1) is 11.3 Å². The lowest BCUT2D eigenvalue weighted by atomic mass is 9.71. The van der Waals surface area contributed by atoms with Crippen LogP contribution in [0.15, 0.2) is 55.1 Å². The quantitative estimate of drug-likeness (QED) is 0.223. The first-order chi connectivity index (χ1) is 21.4. The van der Waals surface area contributed by atoms with Gasteiger partial charge in [-0.1, -0.05) is 32.9 Å². The van der Waals surface area contributed by atoms with Crippen molar-refractivity contribution >= 4 is 43.2 Å². The topological polar surface area (TPSA) is 109 Å². The molecule has 0 bridgehead atoms. The van der Waals surface area contributed by atoms with Crippen LogP contribution in [0.3, 0.4) is 0 Å². The second-order valence-corrected chi connectivity index (χ2v) is 16.6. The van der Waals surface area contributed by atoms with Gasteiger partial charge in [0.25, 0.3) is 5.91 Å². The number of thiophene rings is 1. The Balaban J connectivity index is 1.19. The van der Waals surface area contributed by atoms with Crippen molar-refractivity contribution in [2.75, 3.05) is 30.6 Å². The molecule has 1 aliphatic heterocycles. The number of aromatic nitrogens is 3. The molecule has 0 saturated carbocycles. The first kappa shape index (κ1) is 31.7. The normalized spacial score (nSPS) is 18.9. The molecule has 0 radical (unpaired) electrons. The number of hydrogen-bond acceptors (Lipinski definition) is 7. The summed E-state index contributed by atoms with van der Waals surface area (Å²) in [5.74, 6) is 0.491. The lowest BCUT2D eigenvalue weighted by Crippen LogP contribution is -2.37. The van der Waals surface area contributed by atoms with Crippen molar-refractivity contribution in [3.05, 3.63) is 76.8 Å². The number of pyridine rings is 1. The number of fused-ring (bicyclic) bond motifs is 2. The summed E-state index contributed by atoms with van der Waals surface area (Å²) in [6.07, 6.45) is 12.9. The van der Waals surface area contributed by atoms with Crippen LogP contribution in [-0.2, 0) is 22.9 Å². The zero-order valence-electron chi connectivity index (χ0n) is 26.6. The van der Waals surface area contributed by atoms with Gasteiger partial charge in [0.1, 0.15) is 4.83 Å². The number of aryl methyl sites for hydroxylation is 1. The summed E-state index contributed by atoms with van der Waals surface area (Å²) < 4.78 is 28.6. The molecule has 1 aliphatic carbocycles. The molecule has 1 aromatic carbocycles. The Morgan fingerprint density at radius 2 is 1.93 bits per heavy atom. The molecular formula is C34H44N6O3S2. The maximum absolute atomic E-state index is 13.8. The minimum absolute atomic E-state index is 0.131. The molecule has 11 heteroatoms. The molecular weight excluding hydrogens is 605 g/mol. The number of nitrogens with one attached hydrogen (secondary N) is 2. The van der Waals surface area contributed by atoms with E-state index in [1.54, 1.807) is 6.07 Å². The summed E-state index contributed by atoms with van der Waals surface area (Å²) in [6.45, 7) is 9.71. The van der Waals surface area contributed by atoms with E-state index in [2.05, 4.69) is 51.3 Å². The minimum atomic E-state index is -3.43. The molecule has 1 unspecified atom stereocenters. The molecule has 1 fully saturated rings. The largest absolute Gasteiger partial charge is 0.344 e. The van der Waals surface area contributed by atoms with Crippen LogP contribution in [-0.4, -0.2) is 59.6 Å². The average molecular weight is 649 g/mol. The van der Waals surface area contributed by atoms with Crippen LogP contribution in [0.25, 0.3) is 10.2 Å². The third-order valence-corrected chi connectivity index (χ3v) is 11.1. The highest BCUT2D eigenvalue weighted by atomic mass is 32.2. The molecule has 4 heterocycles. The summed E-state index contributed by atoms with van der Waals surface area (Å²) in [5.41, 5.74) is 4.09. The molecule has 0 spiro atoms. The maximum atomic E-state index is 13.8. The Kier molecular flexibility index (Phi) is 9.05. The number of imidazole rings is 1. The average Bonchev–Trinajstić information content (AvgIpc) is 3.67. The zero-order chi connectivity index (χ0) is 31.8. The molecule has 1 amide bonds. The third-order valence-electron chi connectivity index (χ3n) is 9.46. The molecule has 6 rings (SSSR count). The number of hydrogen-bond donors (Lipinski definition) is 2. The lowest BCUT2D eigenvalue weighted by Gasteiger charge is -2.34. The van der Waals surface area contributed by atoms with Gasteiger partial charge in [0.15, 0.2) is 0 Å². The maximum Gasteiger partial charge on any atom is 0.261 e. The van der Waals surface area contributed by atoms with Crippen LogP contribution in [0.5, 0.6) is 0 Å². The van der Waals surface area contributed by atoms with Crippen LogP contribution in [0, 0.1) is 11.3 Å². The number of anilines is 1. The van der Waals surface area contributed by atoms with Gasteiger partial charge in [0.2, 0.25) is 10.0 Å². The summed E-state index contributed by atoms with van der Waals surface area (Å²) in [6, 6.07) is 11.7. The highest BCUT2D eigenvalue weighted by Crippen LogP contribution is 2.38. The van der Waals surface area contributed by atoms with Crippen molar-refractivity contribution in [3.63, 3.8) is 0 Å². The number of piperidine rings is 1. The van der Waals surface area contributed by atoms with Crippen molar-refractivity contribution in [3.8, 4) is 0 Å². The third kappa shape index (κ3) is 7.76. The Morgan fingerprint density at radius 1 is 1.13 bits per heavy atom. The van der Waals surface area contributed by atoms with Crippen LogP contribution in [0.2, 0.25) is 0 Å². The van der Waals surface area contributed by atoms with Gasteiger partial charge in [-0.3, -0.25) is 9.52 Å². The van der Waals surface area contributed by atoms with Gasteiger partial charge >= 0.3 is 0 Å². The molecule has 2 atom stereocenters. The van der Waals surface area contributed by atoms with E-state index < -0.39 is 10.0 Å². The number of carbonyl (C=O) groups excluding carboxylic acids is 1. The zero-order valence-corrected chi connectivity index (χ0v) is 28.3. The fraction of sp³-hybridized carbons (Fsp3) is 0.500. The van der Waals surface area contributed by atoms with Gasteiger partial charge in [0.05, 0.1) is 23.5 Å². The first-order valence-electron chi connectivity index (χ1n) is 15.9. The number of carbonyl (C=O) groups is 1. The van der Waals surface area contributed by atoms with Crippen LogP contribution in [0.4, 0.5) is 5.69 Å². The van der Waals surface area contributed by atoms with Gasteiger partial charge in [0, 0.05) is 54.8 Å². The molecule has 9 nitrogen and oxygen atoms in total. The van der Waals surface area contributed by atoms with Gasteiger partial charge in [-0.2, -0.15) is 0 Å². The van der Waals surface area contributed by atoms with Gasteiger partial charge in [-0.05, 0) is 85.3 Å². The smallest absolute Gasteiger partial charge is 0.261 e. The van der Waals surface area contributed by atoms with Crippen LogP contribution in [0.1, 0.15) is 85.0 Å². The summed E-state index contributed by atoms with van der Waals surface area (Å²) >= 11 is 1.45. The predicted octanol–water partition coefficient (Wildman–Crippen LogP) is 6.21. The Labute approximate surface area is 270 Å². The molecule has 3 aromatic heterocycles. The standard InChI is InChI=1S/C34H44N6O3S2/c1-34(2,3)26-8-9-29-24(19-26)18-25-21-31(44-33(25)37-29)32(41)36-30(23-6-5-7-27(20-23)38-45(4,42)43)12-16-39-14-10-28(11-15-39)40-17-13-35-22-40/h5-7,13,17-18,20-22,26,28,30,38H,8-12,14-16,19H2,1-4H3,(H,36,41)/t26-,30?/m0/s1. The number of rotatable bonds is 9. The Hall–Kier alpha value is -3.28.